The van der Waals surface area contributed by atoms with E-state index < -0.39 is 0 Å². The Morgan fingerprint density at radius 3 is 2.85 bits per heavy atom. The van der Waals surface area contributed by atoms with Gasteiger partial charge in [0, 0.05) is 25.6 Å². The van der Waals surface area contributed by atoms with Crippen LogP contribution in [-0.4, -0.2) is 41.1 Å². The van der Waals surface area contributed by atoms with Gasteiger partial charge in [-0.05, 0) is 30.9 Å². The van der Waals surface area contributed by atoms with E-state index in [1.54, 1.807) is 0 Å². The van der Waals surface area contributed by atoms with E-state index in [1.807, 2.05) is 24.0 Å². The van der Waals surface area contributed by atoms with Crippen LogP contribution >= 0.6 is 0 Å². The third kappa shape index (κ3) is 2.58. The minimum atomic E-state index is -0.326. The van der Waals surface area contributed by atoms with Gasteiger partial charge in [0.2, 0.25) is 5.91 Å². The Morgan fingerprint density at radius 2 is 2.15 bits per heavy atom. The molecular formula is C16H22N2O2. The first kappa shape index (κ1) is 13.6. The Kier molecular flexibility index (Phi) is 3.76. The number of nitrogens with zero attached hydrogens (tertiary/aromatic N) is 1. The number of amides is 1. The van der Waals surface area contributed by atoms with Crippen LogP contribution in [-0.2, 0) is 17.8 Å². The van der Waals surface area contributed by atoms with Crippen molar-refractivity contribution in [3.63, 3.8) is 0 Å². The number of carbonyl (C=O) groups excluding carboxylic acids is 1. The lowest BCUT2D eigenvalue weighted by Crippen LogP contribution is -2.49. The van der Waals surface area contributed by atoms with Crippen LogP contribution in [0.3, 0.4) is 0 Å². The summed E-state index contributed by atoms with van der Waals surface area (Å²) in [6.45, 7) is 4.04. The number of fused-ring (bicyclic) bond motifs is 1. The van der Waals surface area contributed by atoms with E-state index >= 15 is 0 Å². The predicted octanol–water partition coefficient (Wildman–Crippen LogP) is 0.930. The zero-order valence-corrected chi connectivity index (χ0v) is 11.9. The monoisotopic (exact) mass is 274 g/mol. The average molecular weight is 274 g/mol. The number of likely N-dealkylation sites (tertiary alicyclic amines) is 1. The van der Waals surface area contributed by atoms with Gasteiger partial charge in [-0.2, -0.15) is 0 Å². The molecule has 0 spiro atoms. The largest absolute Gasteiger partial charge is 0.393 e. The molecule has 1 aromatic rings. The van der Waals surface area contributed by atoms with Gasteiger partial charge in [-0.1, -0.05) is 24.3 Å². The van der Waals surface area contributed by atoms with E-state index in [-0.39, 0.29) is 24.0 Å². The smallest absolute Gasteiger partial charge is 0.240 e. The van der Waals surface area contributed by atoms with Gasteiger partial charge in [0.05, 0.1) is 12.1 Å². The lowest BCUT2D eigenvalue weighted by Gasteiger charge is -2.29. The molecule has 2 unspecified atom stereocenters. The molecule has 2 N–H and O–H groups in total. The molecule has 108 valence electrons. The normalized spacial score (nSPS) is 27.2. The second-order valence-corrected chi connectivity index (χ2v) is 5.98. The van der Waals surface area contributed by atoms with E-state index in [2.05, 4.69) is 17.4 Å². The zero-order chi connectivity index (χ0) is 14.1. The highest BCUT2D eigenvalue weighted by molar-refractivity contribution is 5.82. The summed E-state index contributed by atoms with van der Waals surface area (Å²) in [6.07, 6.45) is 1.35. The summed E-state index contributed by atoms with van der Waals surface area (Å²) in [7, 11) is 0. The molecule has 3 atom stereocenters. The van der Waals surface area contributed by atoms with Gasteiger partial charge in [-0.25, -0.2) is 0 Å². The van der Waals surface area contributed by atoms with Crippen molar-refractivity contribution in [3.8, 4) is 0 Å². The standard InChI is InChI=1S/C16H22N2O2/c1-11(19)14-6-7-18(10-14)16(20)15-8-12-4-2-3-5-13(12)9-17-15/h2-5,11,14-15,17,19H,6-10H2,1H3/t11?,14?,15-/m0/s1. The number of carbonyl (C=O) groups is 1. The van der Waals surface area contributed by atoms with Crippen LogP contribution < -0.4 is 5.32 Å². The number of nitrogens with one attached hydrogen (secondary N) is 1. The fourth-order valence-corrected chi connectivity index (χ4v) is 3.23. The van der Waals surface area contributed by atoms with Crippen LogP contribution in [0.5, 0.6) is 0 Å². The van der Waals surface area contributed by atoms with Gasteiger partial charge in [0.15, 0.2) is 0 Å². The van der Waals surface area contributed by atoms with Crippen molar-refractivity contribution in [3.05, 3.63) is 35.4 Å². The summed E-state index contributed by atoms with van der Waals surface area (Å²) in [6, 6.07) is 8.18. The lowest BCUT2D eigenvalue weighted by atomic mass is 9.95. The Bertz CT molecular complexity index is 501. The maximum Gasteiger partial charge on any atom is 0.240 e. The molecule has 2 aliphatic rings. The highest BCUT2D eigenvalue weighted by Crippen LogP contribution is 2.23. The Morgan fingerprint density at radius 1 is 1.40 bits per heavy atom. The van der Waals surface area contributed by atoms with Crippen LogP contribution in [0.25, 0.3) is 0 Å². The molecule has 1 amide bonds. The first-order valence-electron chi connectivity index (χ1n) is 7.42. The highest BCUT2D eigenvalue weighted by Gasteiger charge is 2.33. The quantitative estimate of drug-likeness (QED) is 0.843. The molecule has 2 heterocycles. The van der Waals surface area contributed by atoms with Gasteiger partial charge in [-0.3, -0.25) is 4.79 Å². The number of hydrogen-bond acceptors (Lipinski definition) is 3. The number of aliphatic hydroxyl groups excluding tert-OH is 1. The topological polar surface area (TPSA) is 52.6 Å². The third-order valence-electron chi connectivity index (χ3n) is 4.60. The molecule has 4 heteroatoms. The summed E-state index contributed by atoms with van der Waals surface area (Å²) in [5.41, 5.74) is 2.57. The highest BCUT2D eigenvalue weighted by atomic mass is 16.3. The molecule has 1 saturated heterocycles. The van der Waals surface area contributed by atoms with Crippen LogP contribution in [0.15, 0.2) is 24.3 Å². The maximum atomic E-state index is 12.6. The van der Waals surface area contributed by atoms with Gasteiger partial charge < -0.3 is 15.3 Å². The average Bonchev–Trinajstić information content (AvgIpc) is 2.96. The summed E-state index contributed by atoms with van der Waals surface area (Å²) in [4.78, 5) is 14.5. The molecule has 1 fully saturated rings. The second-order valence-electron chi connectivity index (χ2n) is 5.98. The minimum absolute atomic E-state index is 0.113. The van der Waals surface area contributed by atoms with E-state index in [9.17, 15) is 9.90 Å². The molecule has 0 aliphatic carbocycles. The fraction of sp³-hybridized carbons (Fsp3) is 0.562. The van der Waals surface area contributed by atoms with Gasteiger partial charge in [-0.15, -0.1) is 0 Å². The molecule has 0 radical (unpaired) electrons. The summed E-state index contributed by atoms with van der Waals surface area (Å²) >= 11 is 0. The molecule has 0 aromatic heterocycles. The van der Waals surface area contributed by atoms with Crippen molar-refractivity contribution in [2.45, 2.75) is 38.5 Å². The van der Waals surface area contributed by atoms with Gasteiger partial charge in [0.1, 0.15) is 0 Å². The lowest BCUT2D eigenvalue weighted by molar-refractivity contribution is -0.132. The molecule has 20 heavy (non-hydrogen) atoms. The summed E-state index contributed by atoms with van der Waals surface area (Å²) in [5.74, 6) is 0.414. The van der Waals surface area contributed by atoms with E-state index in [1.165, 1.54) is 11.1 Å². The zero-order valence-electron chi connectivity index (χ0n) is 11.9. The van der Waals surface area contributed by atoms with Crippen LogP contribution in [0.1, 0.15) is 24.5 Å². The molecule has 2 aliphatic heterocycles. The SMILES string of the molecule is CC(O)C1CCN(C(=O)[C@@H]2Cc3ccccc3CN2)C1. The van der Waals surface area contributed by atoms with Crippen molar-refractivity contribution < 1.29 is 9.90 Å². The van der Waals surface area contributed by atoms with E-state index in [0.717, 1.165) is 25.9 Å². The molecule has 4 nitrogen and oxygen atoms in total. The van der Waals surface area contributed by atoms with Crippen LogP contribution in [0.4, 0.5) is 0 Å². The number of aliphatic hydroxyl groups is 1. The molecule has 1 aromatic carbocycles. The van der Waals surface area contributed by atoms with Crippen LogP contribution in [0.2, 0.25) is 0 Å². The van der Waals surface area contributed by atoms with E-state index in [0.29, 0.717) is 6.54 Å². The van der Waals surface area contributed by atoms with Crippen molar-refractivity contribution in [2.24, 2.45) is 5.92 Å². The maximum absolute atomic E-state index is 12.6. The Labute approximate surface area is 119 Å². The molecule has 0 saturated carbocycles. The van der Waals surface area contributed by atoms with Crippen molar-refractivity contribution in [2.75, 3.05) is 13.1 Å². The number of benzene rings is 1. The molecular weight excluding hydrogens is 252 g/mol. The van der Waals surface area contributed by atoms with Crippen molar-refractivity contribution in [1.82, 2.24) is 10.2 Å². The van der Waals surface area contributed by atoms with Crippen molar-refractivity contribution >= 4 is 5.91 Å². The minimum Gasteiger partial charge on any atom is -0.393 e. The molecule has 0 bridgehead atoms. The second kappa shape index (κ2) is 5.54. The molecule has 3 rings (SSSR count). The Hall–Kier alpha value is -1.39. The number of rotatable bonds is 2. The van der Waals surface area contributed by atoms with Gasteiger partial charge in [0.25, 0.3) is 0 Å². The summed E-state index contributed by atoms with van der Waals surface area (Å²) < 4.78 is 0. The number of hydrogen-bond donors (Lipinski definition) is 2. The summed E-state index contributed by atoms with van der Waals surface area (Å²) in [5, 5.41) is 13.0. The first-order chi connectivity index (χ1) is 9.65. The first-order valence-corrected chi connectivity index (χ1v) is 7.42. The predicted molar refractivity (Wildman–Crippen MR) is 77.1 cm³/mol. The fourth-order valence-electron chi connectivity index (χ4n) is 3.23. The Balaban J connectivity index is 1.65. The van der Waals surface area contributed by atoms with Gasteiger partial charge >= 0.3 is 0 Å². The van der Waals surface area contributed by atoms with Crippen LogP contribution in [0, 0.1) is 5.92 Å². The van der Waals surface area contributed by atoms with E-state index in [4.69, 9.17) is 0 Å². The van der Waals surface area contributed by atoms with Crippen molar-refractivity contribution in [1.29, 1.82) is 0 Å². The third-order valence-corrected chi connectivity index (χ3v) is 4.60.